The molecule has 1 aliphatic heterocycles. The Balaban J connectivity index is 1.71. The normalized spacial score (nSPS) is 13.4. The van der Waals surface area contributed by atoms with Crippen molar-refractivity contribution < 1.29 is 14.5 Å². The summed E-state index contributed by atoms with van der Waals surface area (Å²) in [6, 6.07) is 13.6. The molecule has 0 unspecified atom stereocenters. The first-order valence-electron chi connectivity index (χ1n) is 8.54. The van der Waals surface area contributed by atoms with Crippen LogP contribution in [0.5, 0.6) is 5.75 Å². The standard InChI is InChI=1S/C19H19N3O4S/c1-2-26-17-9-4-3-8-16(17)18(23)21-11-10-20-19(21)27-13-14-6-5-7-15(12-14)22(24)25/h3-9,12H,2,10-11,13H2,1H3. The number of non-ortho nitro benzene ring substituents is 1. The third-order valence-electron chi connectivity index (χ3n) is 3.95. The van der Waals surface area contributed by atoms with Crippen LogP contribution in [0.15, 0.2) is 53.5 Å². The Morgan fingerprint density at radius 3 is 2.89 bits per heavy atom. The molecule has 0 bridgehead atoms. The number of amides is 1. The fourth-order valence-electron chi connectivity index (χ4n) is 2.72. The number of hydrogen-bond donors (Lipinski definition) is 0. The zero-order valence-electron chi connectivity index (χ0n) is 14.8. The van der Waals surface area contributed by atoms with Crippen molar-refractivity contribution in [2.75, 3.05) is 19.7 Å². The number of rotatable bonds is 6. The molecule has 0 saturated carbocycles. The van der Waals surface area contributed by atoms with E-state index >= 15 is 0 Å². The average Bonchev–Trinajstić information content (AvgIpc) is 3.15. The fraction of sp³-hybridized carbons (Fsp3) is 0.263. The van der Waals surface area contributed by atoms with Crippen molar-refractivity contribution >= 4 is 28.5 Å². The van der Waals surface area contributed by atoms with Crippen LogP contribution in [0.1, 0.15) is 22.8 Å². The highest BCUT2D eigenvalue weighted by atomic mass is 32.2. The van der Waals surface area contributed by atoms with Gasteiger partial charge in [0, 0.05) is 24.4 Å². The number of ether oxygens (including phenoxy) is 1. The summed E-state index contributed by atoms with van der Waals surface area (Å²) in [6.45, 7) is 3.40. The van der Waals surface area contributed by atoms with Crippen LogP contribution in [-0.2, 0) is 5.75 Å². The van der Waals surface area contributed by atoms with E-state index in [1.54, 1.807) is 35.2 Å². The molecule has 0 fully saturated rings. The number of amidine groups is 1. The van der Waals surface area contributed by atoms with Gasteiger partial charge in [0.1, 0.15) is 5.75 Å². The molecule has 0 aromatic heterocycles. The van der Waals surface area contributed by atoms with Gasteiger partial charge < -0.3 is 4.74 Å². The molecule has 1 aliphatic rings. The molecule has 1 heterocycles. The van der Waals surface area contributed by atoms with Crippen LogP contribution in [0, 0.1) is 10.1 Å². The Hall–Kier alpha value is -2.87. The van der Waals surface area contributed by atoms with Crippen LogP contribution >= 0.6 is 11.8 Å². The van der Waals surface area contributed by atoms with E-state index in [2.05, 4.69) is 4.99 Å². The molecule has 0 spiro atoms. The minimum atomic E-state index is -0.415. The number of para-hydroxylation sites is 1. The number of nitro benzene ring substituents is 1. The van der Waals surface area contributed by atoms with Gasteiger partial charge in [0.2, 0.25) is 0 Å². The summed E-state index contributed by atoms with van der Waals surface area (Å²) >= 11 is 1.40. The highest BCUT2D eigenvalue weighted by Crippen LogP contribution is 2.26. The van der Waals surface area contributed by atoms with Crippen molar-refractivity contribution in [1.29, 1.82) is 0 Å². The summed E-state index contributed by atoms with van der Waals surface area (Å²) in [6.07, 6.45) is 0. The maximum atomic E-state index is 13.0. The zero-order chi connectivity index (χ0) is 19.2. The van der Waals surface area contributed by atoms with Crippen LogP contribution in [0.3, 0.4) is 0 Å². The van der Waals surface area contributed by atoms with Gasteiger partial charge in [-0.05, 0) is 24.6 Å². The molecule has 140 valence electrons. The van der Waals surface area contributed by atoms with E-state index in [1.807, 2.05) is 19.1 Å². The SMILES string of the molecule is CCOc1ccccc1C(=O)N1CCN=C1SCc1cccc([N+](=O)[O-])c1. The Labute approximate surface area is 161 Å². The van der Waals surface area contributed by atoms with Crippen molar-refractivity contribution in [3.63, 3.8) is 0 Å². The summed E-state index contributed by atoms with van der Waals surface area (Å²) in [5.41, 5.74) is 1.37. The van der Waals surface area contributed by atoms with E-state index in [0.717, 1.165) is 5.56 Å². The molecule has 0 atom stereocenters. The Morgan fingerprint density at radius 2 is 2.11 bits per heavy atom. The Bertz CT molecular complexity index is 885. The predicted molar refractivity (Wildman–Crippen MR) is 105 cm³/mol. The lowest BCUT2D eigenvalue weighted by Gasteiger charge is -2.19. The maximum absolute atomic E-state index is 13.0. The second-order valence-corrected chi connectivity index (χ2v) is 6.71. The predicted octanol–water partition coefficient (Wildman–Crippen LogP) is 3.74. The van der Waals surface area contributed by atoms with E-state index in [0.29, 0.717) is 41.9 Å². The van der Waals surface area contributed by atoms with Gasteiger partial charge in [-0.25, -0.2) is 0 Å². The third-order valence-corrected chi connectivity index (χ3v) is 5.04. The first-order valence-corrected chi connectivity index (χ1v) is 9.53. The topological polar surface area (TPSA) is 85.0 Å². The number of carbonyl (C=O) groups excluding carboxylic acids is 1. The van der Waals surface area contributed by atoms with Gasteiger partial charge in [-0.2, -0.15) is 0 Å². The van der Waals surface area contributed by atoms with Crippen molar-refractivity contribution in [2.45, 2.75) is 12.7 Å². The summed E-state index contributed by atoms with van der Waals surface area (Å²) in [5.74, 6) is 0.902. The minimum absolute atomic E-state index is 0.0556. The number of thioether (sulfide) groups is 1. The lowest BCUT2D eigenvalue weighted by atomic mass is 10.2. The van der Waals surface area contributed by atoms with E-state index in [9.17, 15) is 14.9 Å². The van der Waals surface area contributed by atoms with Gasteiger partial charge in [-0.15, -0.1) is 0 Å². The third kappa shape index (κ3) is 4.46. The fourth-order valence-corrected chi connectivity index (χ4v) is 3.70. The van der Waals surface area contributed by atoms with Crippen molar-refractivity contribution in [1.82, 2.24) is 4.90 Å². The first-order chi connectivity index (χ1) is 13.1. The summed E-state index contributed by atoms with van der Waals surface area (Å²) in [7, 11) is 0. The first kappa shape index (κ1) is 18.9. The minimum Gasteiger partial charge on any atom is -0.493 e. The van der Waals surface area contributed by atoms with Gasteiger partial charge >= 0.3 is 0 Å². The summed E-state index contributed by atoms with van der Waals surface area (Å²) < 4.78 is 5.56. The molecule has 3 rings (SSSR count). The molecule has 0 N–H and O–H groups in total. The molecule has 7 nitrogen and oxygen atoms in total. The molecule has 0 radical (unpaired) electrons. The lowest BCUT2D eigenvalue weighted by molar-refractivity contribution is -0.384. The van der Waals surface area contributed by atoms with Crippen molar-refractivity contribution in [3.05, 3.63) is 69.8 Å². The molecule has 2 aromatic rings. The Kier molecular flexibility index (Phi) is 6.08. The van der Waals surface area contributed by atoms with Gasteiger partial charge in [0.05, 0.1) is 23.6 Å². The van der Waals surface area contributed by atoms with Crippen molar-refractivity contribution in [2.24, 2.45) is 4.99 Å². The Morgan fingerprint density at radius 1 is 1.30 bits per heavy atom. The monoisotopic (exact) mass is 385 g/mol. The number of benzene rings is 2. The van der Waals surface area contributed by atoms with Crippen LogP contribution in [0.2, 0.25) is 0 Å². The van der Waals surface area contributed by atoms with Crippen LogP contribution in [0.4, 0.5) is 5.69 Å². The summed E-state index contributed by atoms with van der Waals surface area (Å²) in [5, 5.41) is 11.5. The summed E-state index contributed by atoms with van der Waals surface area (Å²) in [4.78, 5) is 29.5. The number of hydrogen-bond acceptors (Lipinski definition) is 6. The van der Waals surface area contributed by atoms with E-state index in [-0.39, 0.29) is 11.6 Å². The average molecular weight is 385 g/mol. The zero-order valence-corrected chi connectivity index (χ0v) is 15.6. The molecular formula is C19H19N3O4S. The van der Waals surface area contributed by atoms with E-state index in [4.69, 9.17) is 4.74 Å². The highest BCUT2D eigenvalue weighted by molar-refractivity contribution is 8.13. The molecule has 0 aliphatic carbocycles. The molecule has 27 heavy (non-hydrogen) atoms. The quantitative estimate of drug-likeness (QED) is 0.559. The van der Waals surface area contributed by atoms with Gasteiger partial charge in [0.15, 0.2) is 5.17 Å². The molecule has 2 aromatic carbocycles. The van der Waals surface area contributed by atoms with Crippen molar-refractivity contribution in [3.8, 4) is 5.75 Å². The van der Waals surface area contributed by atoms with Crippen LogP contribution in [0.25, 0.3) is 0 Å². The van der Waals surface area contributed by atoms with Gasteiger partial charge in [0.25, 0.3) is 11.6 Å². The van der Waals surface area contributed by atoms with Crippen LogP contribution < -0.4 is 4.74 Å². The second-order valence-electron chi connectivity index (χ2n) is 5.77. The van der Waals surface area contributed by atoms with Gasteiger partial charge in [-0.3, -0.25) is 24.8 Å². The largest absolute Gasteiger partial charge is 0.493 e. The molecule has 0 saturated heterocycles. The highest BCUT2D eigenvalue weighted by Gasteiger charge is 2.27. The lowest BCUT2D eigenvalue weighted by Crippen LogP contribution is -2.33. The molecule has 1 amide bonds. The maximum Gasteiger partial charge on any atom is 0.269 e. The molecule has 8 heteroatoms. The van der Waals surface area contributed by atoms with Gasteiger partial charge in [-0.1, -0.05) is 36.0 Å². The van der Waals surface area contributed by atoms with Crippen LogP contribution in [-0.4, -0.2) is 40.6 Å². The number of aliphatic imine (C=N–C) groups is 1. The molecular weight excluding hydrogens is 366 g/mol. The smallest absolute Gasteiger partial charge is 0.269 e. The number of nitro groups is 1. The second kappa shape index (κ2) is 8.68. The van der Waals surface area contributed by atoms with E-state index < -0.39 is 4.92 Å². The number of nitrogens with zero attached hydrogens (tertiary/aromatic N) is 3. The number of carbonyl (C=O) groups is 1. The van der Waals surface area contributed by atoms with E-state index in [1.165, 1.54) is 17.8 Å².